The van der Waals surface area contributed by atoms with E-state index >= 15 is 0 Å². The smallest absolute Gasteiger partial charge is 0.251 e. The van der Waals surface area contributed by atoms with Crippen molar-refractivity contribution in [2.45, 2.75) is 0 Å². The molecular formula is C10H15N3O. The van der Waals surface area contributed by atoms with Gasteiger partial charge in [0.25, 0.3) is 5.91 Å². The van der Waals surface area contributed by atoms with Crippen LogP contribution in [0, 0.1) is 0 Å². The Morgan fingerprint density at radius 1 is 1.43 bits per heavy atom. The van der Waals surface area contributed by atoms with Crippen molar-refractivity contribution in [3.8, 4) is 0 Å². The molecule has 0 saturated carbocycles. The van der Waals surface area contributed by atoms with Crippen LogP contribution in [0.2, 0.25) is 0 Å². The molecular weight excluding hydrogens is 178 g/mol. The molecule has 0 saturated heterocycles. The lowest BCUT2D eigenvalue weighted by molar-refractivity contribution is 0.0963. The molecule has 0 aliphatic rings. The summed E-state index contributed by atoms with van der Waals surface area (Å²) in [6, 6.07) is 5.22. The molecule has 76 valence electrons. The van der Waals surface area contributed by atoms with Crippen LogP contribution in [-0.4, -0.2) is 27.1 Å². The Kier molecular flexibility index (Phi) is 2.96. The molecule has 0 atom stereocenters. The first-order valence-electron chi connectivity index (χ1n) is 4.35. The first kappa shape index (κ1) is 10.4. The molecule has 0 spiro atoms. The predicted octanol–water partition coefficient (Wildman–Crippen LogP) is 0.694. The zero-order valence-corrected chi connectivity index (χ0v) is 8.66. The average molecular weight is 193 g/mol. The minimum atomic E-state index is -0.104. The molecule has 0 fully saturated rings. The number of nitrogens with two attached hydrogens (primary N) is 1. The summed E-state index contributed by atoms with van der Waals surface area (Å²) in [7, 11) is 5.38. The first-order chi connectivity index (χ1) is 6.56. The van der Waals surface area contributed by atoms with Crippen molar-refractivity contribution in [1.29, 1.82) is 0 Å². The molecule has 1 aromatic rings. The van der Waals surface area contributed by atoms with Gasteiger partial charge in [-0.3, -0.25) is 4.79 Å². The normalized spacial score (nSPS) is 9.64. The molecule has 1 rings (SSSR count). The van der Waals surface area contributed by atoms with Crippen LogP contribution < -0.4 is 16.0 Å². The van der Waals surface area contributed by atoms with Crippen LogP contribution in [0.15, 0.2) is 18.2 Å². The van der Waals surface area contributed by atoms with Crippen LogP contribution in [-0.2, 0) is 0 Å². The summed E-state index contributed by atoms with van der Waals surface area (Å²) >= 11 is 0. The van der Waals surface area contributed by atoms with Crippen LogP contribution in [0.25, 0.3) is 0 Å². The summed E-state index contributed by atoms with van der Waals surface area (Å²) in [5.74, 6) is -0.104. The fraction of sp³-hybridized carbons (Fsp3) is 0.300. The van der Waals surface area contributed by atoms with Crippen molar-refractivity contribution in [3.63, 3.8) is 0 Å². The van der Waals surface area contributed by atoms with Gasteiger partial charge in [0.05, 0.1) is 11.4 Å². The Hall–Kier alpha value is -1.71. The van der Waals surface area contributed by atoms with Crippen molar-refractivity contribution in [1.82, 2.24) is 5.32 Å². The second kappa shape index (κ2) is 4.00. The van der Waals surface area contributed by atoms with Crippen LogP contribution >= 0.6 is 0 Å². The monoisotopic (exact) mass is 193 g/mol. The molecule has 4 heteroatoms. The van der Waals surface area contributed by atoms with Gasteiger partial charge in [0.2, 0.25) is 0 Å². The third kappa shape index (κ3) is 1.96. The molecule has 1 aromatic carbocycles. The average Bonchev–Trinajstić information content (AvgIpc) is 2.17. The van der Waals surface area contributed by atoms with E-state index in [9.17, 15) is 4.79 Å². The summed E-state index contributed by atoms with van der Waals surface area (Å²) in [4.78, 5) is 13.2. The van der Waals surface area contributed by atoms with E-state index in [0.717, 1.165) is 5.69 Å². The van der Waals surface area contributed by atoms with E-state index in [1.54, 1.807) is 25.2 Å². The lowest BCUT2D eigenvalue weighted by atomic mass is 10.1. The topological polar surface area (TPSA) is 58.4 Å². The highest BCUT2D eigenvalue weighted by Gasteiger charge is 2.07. The van der Waals surface area contributed by atoms with Gasteiger partial charge in [-0.1, -0.05) is 0 Å². The standard InChI is InChI=1S/C10H15N3O/c1-12-10(14)7-4-5-8(11)9(6-7)13(2)3/h4-6H,11H2,1-3H3,(H,12,14). The number of benzene rings is 1. The quantitative estimate of drug-likeness (QED) is 0.679. The number of amides is 1. The van der Waals surface area contributed by atoms with E-state index in [1.807, 2.05) is 19.0 Å². The lowest BCUT2D eigenvalue weighted by Crippen LogP contribution is -2.19. The van der Waals surface area contributed by atoms with E-state index in [0.29, 0.717) is 11.3 Å². The van der Waals surface area contributed by atoms with Gasteiger partial charge in [-0.15, -0.1) is 0 Å². The summed E-state index contributed by atoms with van der Waals surface area (Å²) in [6.07, 6.45) is 0. The van der Waals surface area contributed by atoms with Gasteiger partial charge < -0.3 is 16.0 Å². The molecule has 0 aliphatic carbocycles. The highest BCUT2D eigenvalue weighted by molar-refractivity contribution is 5.96. The van der Waals surface area contributed by atoms with Gasteiger partial charge in [0, 0.05) is 26.7 Å². The fourth-order valence-corrected chi connectivity index (χ4v) is 1.22. The molecule has 4 nitrogen and oxygen atoms in total. The number of carbonyl (C=O) groups is 1. The molecule has 0 radical (unpaired) electrons. The van der Waals surface area contributed by atoms with E-state index in [-0.39, 0.29) is 5.91 Å². The van der Waals surface area contributed by atoms with Gasteiger partial charge in [0.1, 0.15) is 0 Å². The van der Waals surface area contributed by atoms with Crippen LogP contribution in [0.1, 0.15) is 10.4 Å². The first-order valence-corrected chi connectivity index (χ1v) is 4.35. The van der Waals surface area contributed by atoms with E-state index < -0.39 is 0 Å². The maximum Gasteiger partial charge on any atom is 0.251 e. The Morgan fingerprint density at radius 2 is 2.07 bits per heavy atom. The highest BCUT2D eigenvalue weighted by Crippen LogP contribution is 2.22. The van der Waals surface area contributed by atoms with Gasteiger partial charge in [0.15, 0.2) is 0 Å². The number of nitrogens with zero attached hydrogens (tertiary/aromatic N) is 1. The van der Waals surface area contributed by atoms with Crippen molar-refractivity contribution >= 4 is 17.3 Å². The van der Waals surface area contributed by atoms with Gasteiger partial charge in [-0.25, -0.2) is 0 Å². The van der Waals surface area contributed by atoms with Gasteiger partial charge >= 0.3 is 0 Å². The number of carbonyl (C=O) groups excluding carboxylic acids is 1. The van der Waals surface area contributed by atoms with Crippen molar-refractivity contribution in [3.05, 3.63) is 23.8 Å². The summed E-state index contributed by atoms with van der Waals surface area (Å²) < 4.78 is 0. The van der Waals surface area contributed by atoms with Crippen LogP contribution in [0.4, 0.5) is 11.4 Å². The molecule has 0 unspecified atom stereocenters. The predicted molar refractivity (Wildman–Crippen MR) is 58.6 cm³/mol. The zero-order chi connectivity index (χ0) is 10.7. The van der Waals surface area contributed by atoms with E-state index in [4.69, 9.17) is 5.73 Å². The Labute approximate surface area is 83.7 Å². The number of nitrogens with one attached hydrogen (secondary N) is 1. The number of hydrogen-bond acceptors (Lipinski definition) is 3. The van der Waals surface area contributed by atoms with Gasteiger partial charge in [-0.2, -0.15) is 0 Å². The van der Waals surface area contributed by atoms with Crippen LogP contribution in [0.5, 0.6) is 0 Å². The minimum Gasteiger partial charge on any atom is -0.397 e. The summed E-state index contributed by atoms with van der Waals surface area (Å²) in [5, 5.41) is 2.57. The Bertz CT molecular complexity index is 347. The second-order valence-corrected chi connectivity index (χ2v) is 3.25. The second-order valence-electron chi connectivity index (χ2n) is 3.25. The number of nitrogen functional groups attached to an aromatic ring is 1. The van der Waals surface area contributed by atoms with Gasteiger partial charge in [-0.05, 0) is 18.2 Å². The van der Waals surface area contributed by atoms with Crippen molar-refractivity contribution in [2.75, 3.05) is 31.8 Å². The third-order valence-corrected chi connectivity index (χ3v) is 2.00. The summed E-state index contributed by atoms with van der Waals surface area (Å²) in [5.41, 5.74) is 7.90. The van der Waals surface area contributed by atoms with E-state index in [1.165, 1.54) is 0 Å². The van der Waals surface area contributed by atoms with Crippen LogP contribution in [0.3, 0.4) is 0 Å². The SMILES string of the molecule is CNC(=O)c1ccc(N)c(N(C)C)c1. The third-order valence-electron chi connectivity index (χ3n) is 2.00. The minimum absolute atomic E-state index is 0.104. The summed E-state index contributed by atoms with van der Waals surface area (Å²) in [6.45, 7) is 0. The molecule has 0 bridgehead atoms. The van der Waals surface area contributed by atoms with Crippen molar-refractivity contribution in [2.24, 2.45) is 0 Å². The molecule has 1 amide bonds. The number of hydrogen-bond donors (Lipinski definition) is 2. The molecule has 0 aliphatic heterocycles. The largest absolute Gasteiger partial charge is 0.397 e. The Balaban J connectivity index is 3.13. The zero-order valence-electron chi connectivity index (χ0n) is 8.66. The maximum atomic E-state index is 11.3. The lowest BCUT2D eigenvalue weighted by Gasteiger charge is -2.15. The molecule has 3 N–H and O–H groups in total. The highest BCUT2D eigenvalue weighted by atomic mass is 16.1. The molecule has 0 heterocycles. The Morgan fingerprint density at radius 3 is 2.57 bits per heavy atom. The molecule has 0 aromatic heterocycles. The molecule has 14 heavy (non-hydrogen) atoms. The number of anilines is 2. The maximum absolute atomic E-state index is 11.3. The number of rotatable bonds is 2. The van der Waals surface area contributed by atoms with Crippen molar-refractivity contribution < 1.29 is 4.79 Å². The van der Waals surface area contributed by atoms with E-state index in [2.05, 4.69) is 5.32 Å². The fourth-order valence-electron chi connectivity index (χ4n) is 1.22.